The molecule has 13 heavy (non-hydrogen) atoms. The molecule has 0 saturated heterocycles. The first-order valence-electron chi connectivity index (χ1n) is 5.28. The van der Waals surface area contributed by atoms with Crippen LogP contribution in [0.1, 0.15) is 39.0 Å². The van der Waals surface area contributed by atoms with Crippen LogP contribution in [0.15, 0.2) is 0 Å². The summed E-state index contributed by atoms with van der Waals surface area (Å²) >= 11 is 0. The van der Waals surface area contributed by atoms with E-state index >= 15 is 0 Å². The fraction of sp³-hybridized carbons (Fsp3) is 0.909. The van der Waals surface area contributed by atoms with Gasteiger partial charge in [0, 0.05) is 13.0 Å². The quantitative estimate of drug-likeness (QED) is 0.627. The van der Waals surface area contributed by atoms with E-state index in [2.05, 4.69) is 24.9 Å². The van der Waals surface area contributed by atoms with Crippen LogP contribution in [0.5, 0.6) is 0 Å². The topological polar surface area (TPSA) is 27.0 Å². The summed E-state index contributed by atoms with van der Waals surface area (Å²) in [5.41, 5.74) is 0.386. The number of hydrogen-bond donors (Lipinski definition) is 0. The molecule has 0 amide bonds. The Balaban J connectivity index is 2.20. The molecule has 0 spiro atoms. The smallest absolute Gasteiger partial charge is 0.0628 e. The Labute approximate surface area is 81.5 Å². The summed E-state index contributed by atoms with van der Waals surface area (Å²) in [5, 5.41) is 8.66. The highest BCUT2D eigenvalue weighted by Gasteiger charge is 2.42. The molecule has 2 heteroatoms. The highest BCUT2D eigenvalue weighted by molar-refractivity contribution is 5.00. The van der Waals surface area contributed by atoms with E-state index in [1.165, 1.54) is 32.2 Å². The van der Waals surface area contributed by atoms with Gasteiger partial charge in [0.2, 0.25) is 0 Å². The molecule has 0 aromatic rings. The van der Waals surface area contributed by atoms with Crippen LogP contribution in [0, 0.1) is 16.7 Å². The van der Waals surface area contributed by atoms with Crippen LogP contribution in [0.4, 0.5) is 0 Å². The van der Waals surface area contributed by atoms with E-state index in [9.17, 15) is 0 Å². The van der Waals surface area contributed by atoms with Crippen LogP contribution in [0.3, 0.4) is 0 Å². The van der Waals surface area contributed by atoms with Crippen LogP contribution in [0.25, 0.3) is 0 Å². The minimum absolute atomic E-state index is 0.386. The average Bonchev–Trinajstić information content (AvgIpc) is 2.82. The van der Waals surface area contributed by atoms with Crippen molar-refractivity contribution < 1.29 is 0 Å². The zero-order valence-corrected chi connectivity index (χ0v) is 8.84. The van der Waals surface area contributed by atoms with Crippen molar-refractivity contribution in [3.8, 4) is 6.07 Å². The van der Waals surface area contributed by atoms with Crippen LogP contribution < -0.4 is 0 Å². The molecule has 0 aromatic heterocycles. The largest absolute Gasteiger partial charge is 0.306 e. The number of rotatable bonds is 6. The summed E-state index contributed by atoms with van der Waals surface area (Å²) in [6.07, 6.45) is 5.81. The first kappa shape index (κ1) is 10.5. The Morgan fingerprint density at radius 3 is 2.62 bits per heavy atom. The van der Waals surface area contributed by atoms with E-state index < -0.39 is 0 Å². The van der Waals surface area contributed by atoms with Gasteiger partial charge in [-0.1, -0.05) is 13.3 Å². The van der Waals surface area contributed by atoms with Crippen molar-refractivity contribution in [2.45, 2.75) is 39.0 Å². The van der Waals surface area contributed by atoms with Crippen LogP contribution in [-0.4, -0.2) is 25.0 Å². The third-order valence-electron chi connectivity index (χ3n) is 2.91. The van der Waals surface area contributed by atoms with Crippen molar-refractivity contribution in [1.82, 2.24) is 4.90 Å². The molecule has 1 rings (SSSR count). The van der Waals surface area contributed by atoms with E-state index in [-0.39, 0.29) is 0 Å². The second kappa shape index (κ2) is 4.62. The highest BCUT2D eigenvalue weighted by Crippen LogP contribution is 2.48. The van der Waals surface area contributed by atoms with Crippen molar-refractivity contribution in [1.29, 1.82) is 5.26 Å². The molecule has 2 nitrogen and oxygen atoms in total. The molecule has 0 aromatic carbocycles. The minimum atomic E-state index is 0.386. The molecular formula is C11H20N2. The summed E-state index contributed by atoms with van der Waals surface area (Å²) in [5.74, 6) is 0. The SMILES string of the molecule is CCCCN(C)CC1(CC#N)CC1. The van der Waals surface area contributed by atoms with Gasteiger partial charge in [-0.25, -0.2) is 0 Å². The minimum Gasteiger partial charge on any atom is -0.306 e. The van der Waals surface area contributed by atoms with Crippen molar-refractivity contribution in [3.63, 3.8) is 0 Å². The van der Waals surface area contributed by atoms with Crippen LogP contribution in [0.2, 0.25) is 0 Å². The lowest BCUT2D eigenvalue weighted by Crippen LogP contribution is -2.27. The number of hydrogen-bond acceptors (Lipinski definition) is 2. The first-order chi connectivity index (χ1) is 6.22. The number of unbranched alkanes of at least 4 members (excludes halogenated alkanes) is 1. The first-order valence-corrected chi connectivity index (χ1v) is 5.28. The third-order valence-corrected chi connectivity index (χ3v) is 2.91. The van der Waals surface area contributed by atoms with E-state index in [1.54, 1.807) is 0 Å². The van der Waals surface area contributed by atoms with Crippen LogP contribution >= 0.6 is 0 Å². The lowest BCUT2D eigenvalue weighted by Gasteiger charge is -2.21. The highest BCUT2D eigenvalue weighted by atomic mass is 15.1. The van der Waals surface area contributed by atoms with Gasteiger partial charge in [-0.15, -0.1) is 0 Å². The van der Waals surface area contributed by atoms with E-state index in [4.69, 9.17) is 5.26 Å². The lowest BCUT2D eigenvalue weighted by molar-refractivity contribution is 0.261. The summed E-state index contributed by atoms with van der Waals surface area (Å²) in [6, 6.07) is 2.31. The second-order valence-corrected chi connectivity index (χ2v) is 4.43. The molecule has 0 aliphatic heterocycles. The molecule has 1 fully saturated rings. The Morgan fingerprint density at radius 2 is 2.15 bits per heavy atom. The normalized spacial score (nSPS) is 18.6. The molecule has 0 N–H and O–H groups in total. The molecule has 0 atom stereocenters. The molecular weight excluding hydrogens is 160 g/mol. The Morgan fingerprint density at radius 1 is 1.46 bits per heavy atom. The van der Waals surface area contributed by atoms with E-state index in [1.807, 2.05) is 0 Å². The summed E-state index contributed by atoms with van der Waals surface area (Å²) in [6.45, 7) is 4.53. The van der Waals surface area contributed by atoms with Crippen molar-refractivity contribution in [3.05, 3.63) is 0 Å². The molecule has 74 valence electrons. The monoisotopic (exact) mass is 180 g/mol. The maximum absolute atomic E-state index is 8.66. The van der Waals surface area contributed by atoms with E-state index in [0.29, 0.717) is 5.41 Å². The summed E-state index contributed by atoms with van der Waals surface area (Å²) < 4.78 is 0. The van der Waals surface area contributed by atoms with Gasteiger partial charge in [0.05, 0.1) is 6.07 Å². The predicted octanol–water partition coefficient (Wildman–Crippen LogP) is 2.41. The molecule has 1 aliphatic carbocycles. The second-order valence-electron chi connectivity index (χ2n) is 4.43. The average molecular weight is 180 g/mol. The lowest BCUT2D eigenvalue weighted by atomic mass is 10.0. The summed E-state index contributed by atoms with van der Waals surface area (Å²) in [7, 11) is 2.17. The predicted molar refractivity (Wildman–Crippen MR) is 54.3 cm³/mol. The van der Waals surface area contributed by atoms with Crippen molar-refractivity contribution >= 4 is 0 Å². The van der Waals surface area contributed by atoms with Gasteiger partial charge in [0.1, 0.15) is 0 Å². The van der Waals surface area contributed by atoms with Gasteiger partial charge in [0.25, 0.3) is 0 Å². The van der Waals surface area contributed by atoms with E-state index in [0.717, 1.165) is 13.0 Å². The van der Waals surface area contributed by atoms with Gasteiger partial charge >= 0.3 is 0 Å². The maximum Gasteiger partial charge on any atom is 0.0628 e. The maximum atomic E-state index is 8.66. The molecule has 0 radical (unpaired) electrons. The Bertz CT molecular complexity index is 189. The standard InChI is InChI=1S/C11H20N2/c1-3-4-9-13(2)10-11(5-6-11)7-8-12/h3-7,9-10H2,1-2H3. The van der Waals surface area contributed by atoms with Gasteiger partial charge < -0.3 is 4.90 Å². The zero-order chi connectivity index (χ0) is 9.73. The third kappa shape index (κ3) is 3.36. The fourth-order valence-electron chi connectivity index (χ4n) is 1.81. The molecule has 0 unspecified atom stereocenters. The van der Waals surface area contributed by atoms with Crippen molar-refractivity contribution in [2.75, 3.05) is 20.1 Å². The van der Waals surface area contributed by atoms with Gasteiger partial charge in [0.15, 0.2) is 0 Å². The molecule has 0 heterocycles. The van der Waals surface area contributed by atoms with Gasteiger partial charge in [-0.3, -0.25) is 0 Å². The van der Waals surface area contributed by atoms with Crippen molar-refractivity contribution in [2.24, 2.45) is 5.41 Å². The molecule has 1 aliphatic rings. The Hall–Kier alpha value is -0.550. The van der Waals surface area contributed by atoms with Crippen LogP contribution in [-0.2, 0) is 0 Å². The van der Waals surface area contributed by atoms with Gasteiger partial charge in [-0.2, -0.15) is 5.26 Å². The number of nitrogens with zero attached hydrogens (tertiary/aromatic N) is 2. The summed E-state index contributed by atoms with van der Waals surface area (Å²) in [4.78, 5) is 2.38. The van der Waals surface area contributed by atoms with Gasteiger partial charge in [-0.05, 0) is 38.3 Å². The zero-order valence-electron chi connectivity index (χ0n) is 8.84. The molecule has 0 bridgehead atoms. The Kier molecular flexibility index (Phi) is 3.74. The number of nitriles is 1. The fourth-order valence-corrected chi connectivity index (χ4v) is 1.81. The molecule has 1 saturated carbocycles.